The molecule has 0 aliphatic rings. The van der Waals surface area contributed by atoms with Gasteiger partial charge in [0.15, 0.2) is 0 Å². The molecule has 2 aromatic rings. The zero-order chi connectivity index (χ0) is 15.5. The average molecular weight is 331 g/mol. The highest BCUT2D eigenvalue weighted by Gasteiger charge is 2.09. The highest BCUT2D eigenvalue weighted by molar-refractivity contribution is 7.88. The van der Waals surface area contributed by atoms with Crippen molar-refractivity contribution >= 4 is 21.6 Å². The van der Waals surface area contributed by atoms with Crippen LogP contribution >= 0.6 is 11.6 Å². The molecule has 0 fully saturated rings. The van der Waals surface area contributed by atoms with Gasteiger partial charge in [-0.25, -0.2) is 13.1 Å². The van der Waals surface area contributed by atoms with Gasteiger partial charge < -0.3 is 4.74 Å². The summed E-state index contributed by atoms with van der Waals surface area (Å²) in [5, 5.41) is 8.48. The number of aromatic nitrogens is 3. The molecule has 0 amide bonds. The van der Waals surface area contributed by atoms with E-state index in [4.69, 9.17) is 16.3 Å². The minimum atomic E-state index is -3.20. The van der Waals surface area contributed by atoms with Gasteiger partial charge >= 0.3 is 0 Å². The third-order valence-corrected chi connectivity index (χ3v) is 3.74. The molecule has 21 heavy (non-hydrogen) atoms. The maximum atomic E-state index is 11.0. The first-order chi connectivity index (χ1) is 9.89. The van der Waals surface area contributed by atoms with Crippen molar-refractivity contribution in [2.75, 3.05) is 19.9 Å². The quantitative estimate of drug-likeness (QED) is 0.858. The van der Waals surface area contributed by atoms with Crippen molar-refractivity contribution in [3.63, 3.8) is 0 Å². The lowest BCUT2D eigenvalue weighted by molar-refractivity contribution is 0.415. The fourth-order valence-corrected chi connectivity index (χ4v) is 2.44. The lowest BCUT2D eigenvalue weighted by atomic mass is 10.1. The Hall–Kier alpha value is -1.64. The number of sulfonamides is 1. The van der Waals surface area contributed by atoms with Crippen molar-refractivity contribution in [3.05, 3.63) is 29.4 Å². The highest BCUT2D eigenvalue weighted by Crippen LogP contribution is 2.29. The van der Waals surface area contributed by atoms with E-state index >= 15 is 0 Å². The van der Waals surface area contributed by atoms with E-state index in [2.05, 4.69) is 15.0 Å². The summed E-state index contributed by atoms with van der Waals surface area (Å²) in [5.41, 5.74) is 1.35. The van der Waals surface area contributed by atoms with Crippen molar-refractivity contribution in [1.29, 1.82) is 0 Å². The smallest absolute Gasteiger partial charge is 0.208 e. The summed E-state index contributed by atoms with van der Waals surface area (Å²) in [6.07, 6.45) is 2.81. The highest BCUT2D eigenvalue weighted by atomic mass is 35.5. The molecule has 2 rings (SSSR count). The van der Waals surface area contributed by atoms with Crippen LogP contribution in [0.2, 0.25) is 5.02 Å². The van der Waals surface area contributed by atoms with E-state index in [9.17, 15) is 8.42 Å². The predicted molar refractivity (Wildman–Crippen MR) is 79.9 cm³/mol. The Balaban J connectivity index is 2.09. The molecule has 0 unspecified atom stereocenters. The fourth-order valence-electron chi connectivity index (χ4n) is 1.71. The molecule has 0 spiro atoms. The summed E-state index contributed by atoms with van der Waals surface area (Å²) in [6, 6.07) is 5.27. The average Bonchev–Trinajstić information content (AvgIpc) is 2.85. The first-order valence-electron chi connectivity index (χ1n) is 6.08. The largest absolute Gasteiger partial charge is 0.497 e. The molecule has 1 aromatic heterocycles. The summed E-state index contributed by atoms with van der Waals surface area (Å²) in [4.78, 5) is 0. The van der Waals surface area contributed by atoms with Crippen LogP contribution < -0.4 is 9.46 Å². The molecule has 114 valence electrons. The Morgan fingerprint density at radius 1 is 1.43 bits per heavy atom. The molecule has 0 aliphatic heterocycles. The number of hydrogen-bond donors (Lipinski definition) is 1. The van der Waals surface area contributed by atoms with Crippen molar-refractivity contribution in [1.82, 2.24) is 19.7 Å². The molecule has 0 radical (unpaired) electrons. The summed E-state index contributed by atoms with van der Waals surface area (Å²) in [5.74, 6) is 0.661. The van der Waals surface area contributed by atoms with Gasteiger partial charge in [-0.1, -0.05) is 16.8 Å². The molecule has 1 aromatic carbocycles. The number of nitrogens with zero attached hydrogens (tertiary/aromatic N) is 3. The number of nitrogens with one attached hydrogen (secondary N) is 1. The molecule has 0 atom stereocenters. The van der Waals surface area contributed by atoms with Gasteiger partial charge in [0.05, 0.1) is 31.1 Å². The normalized spacial score (nSPS) is 11.6. The van der Waals surface area contributed by atoms with Crippen LogP contribution in [0.1, 0.15) is 0 Å². The van der Waals surface area contributed by atoms with Crippen LogP contribution in [0.25, 0.3) is 11.3 Å². The lowest BCUT2D eigenvalue weighted by Crippen LogP contribution is -2.26. The number of hydrogen-bond acceptors (Lipinski definition) is 5. The van der Waals surface area contributed by atoms with E-state index in [0.29, 0.717) is 23.0 Å². The minimum absolute atomic E-state index is 0.248. The third kappa shape index (κ3) is 4.42. The monoisotopic (exact) mass is 330 g/mol. The zero-order valence-electron chi connectivity index (χ0n) is 11.6. The van der Waals surface area contributed by atoms with E-state index in [1.807, 2.05) is 0 Å². The van der Waals surface area contributed by atoms with Gasteiger partial charge in [-0.05, 0) is 18.2 Å². The Morgan fingerprint density at radius 2 is 2.19 bits per heavy atom. The number of halogens is 1. The first-order valence-corrected chi connectivity index (χ1v) is 8.34. The van der Waals surface area contributed by atoms with Gasteiger partial charge in [0.2, 0.25) is 10.0 Å². The minimum Gasteiger partial charge on any atom is -0.497 e. The van der Waals surface area contributed by atoms with Crippen molar-refractivity contribution < 1.29 is 13.2 Å². The van der Waals surface area contributed by atoms with Crippen LogP contribution in [-0.2, 0) is 16.6 Å². The van der Waals surface area contributed by atoms with Crippen LogP contribution in [0.4, 0.5) is 0 Å². The van der Waals surface area contributed by atoms with Crippen molar-refractivity contribution in [2.24, 2.45) is 0 Å². The second-order valence-electron chi connectivity index (χ2n) is 4.38. The molecule has 0 aliphatic carbocycles. The summed E-state index contributed by atoms with van der Waals surface area (Å²) in [6.45, 7) is 0.631. The number of rotatable bonds is 6. The van der Waals surface area contributed by atoms with E-state index in [0.717, 1.165) is 11.8 Å². The first kappa shape index (κ1) is 15.7. The van der Waals surface area contributed by atoms with Crippen LogP contribution in [0.15, 0.2) is 24.4 Å². The van der Waals surface area contributed by atoms with Gasteiger partial charge in [-0.2, -0.15) is 0 Å². The molecule has 0 bridgehead atoms. The topological polar surface area (TPSA) is 86.1 Å². The van der Waals surface area contributed by atoms with Gasteiger partial charge in [-0.15, -0.1) is 5.10 Å². The van der Waals surface area contributed by atoms with Gasteiger partial charge in [-0.3, -0.25) is 4.68 Å². The molecular formula is C12H15ClN4O3S. The molecule has 0 saturated carbocycles. The Bertz CT molecular complexity index is 730. The maximum Gasteiger partial charge on any atom is 0.208 e. The number of methoxy groups -OCH3 is 1. The molecular weight excluding hydrogens is 316 g/mol. The summed E-state index contributed by atoms with van der Waals surface area (Å²) >= 11 is 6.17. The van der Waals surface area contributed by atoms with E-state index in [1.165, 1.54) is 0 Å². The van der Waals surface area contributed by atoms with Gasteiger partial charge in [0.25, 0.3) is 0 Å². The molecule has 7 nitrogen and oxygen atoms in total. The van der Waals surface area contributed by atoms with E-state index in [1.54, 1.807) is 36.2 Å². The summed E-state index contributed by atoms with van der Waals surface area (Å²) in [7, 11) is -1.63. The van der Waals surface area contributed by atoms with Crippen LogP contribution in [0, 0.1) is 0 Å². The Labute approximate surface area is 127 Å². The number of ether oxygens (including phenoxy) is 1. The van der Waals surface area contributed by atoms with Crippen molar-refractivity contribution in [2.45, 2.75) is 6.54 Å². The standard InChI is InChI=1S/C12H15ClN4O3S/c1-20-9-3-4-10(11(13)7-9)12-8-17(16-15-12)6-5-14-21(2,18)19/h3-4,7-8,14H,5-6H2,1-2H3. The third-order valence-electron chi connectivity index (χ3n) is 2.70. The van der Waals surface area contributed by atoms with Crippen LogP contribution in [-0.4, -0.2) is 43.3 Å². The Morgan fingerprint density at radius 3 is 2.81 bits per heavy atom. The molecule has 9 heteroatoms. The van der Waals surface area contributed by atoms with E-state index in [-0.39, 0.29) is 6.54 Å². The SMILES string of the molecule is COc1ccc(-c2cn(CCNS(C)(=O)=O)nn2)c(Cl)c1. The zero-order valence-corrected chi connectivity index (χ0v) is 13.1. The Kier molecular flexibility index (Phi) is 4.81. The van der Waals surface area contributed by atoms with Gasteiger partial charge in [0, 0.05) is 12.1 Å². The summed E-state index contributed by atoms with van der Waals surface area (Å²) < 4.78 is 31.0. The van der Waals surface area contributed by atoms with Crippen LogP contribution in [0.3, 0.4) is 0 Å². The fraction of sp³-hybridized carbons (Fsp3) is 0.333. The second kappa shape index (κ2) is 6.42. The van der Waals surface area contributed by atoms with E-state index < -0.39 is 10.0 Å². The molecule has 1 N–H and O–H groups in total. The maximum absolute atomic E-state index is 11.0. The second-order valence-corrected chi connectivity index (χ2v) is 6.62. The predicted octanol–water partition coefficient (Wildman–Crippen LogP) is 1.16. The molecule has 1 heterocycles. The lowest BCUT2D eigenvalue weighted by Gasteiger charge is -2.03. The number of benzene rings is 1. The van der Waals surface area contributed by atoms with Crippen molar-refractivity contribution in [3.8, 4) is 17.0 Å². The van der Waals surface area contributed by atoms with Crippen LogP contribution in [0.5, 0.6) is 5.75 Å². The molecule has 0 saturated heterocycles. The van der Waals surface area contributed by atoms with Gasteiger partial charge in [0.1, 0.15) is 11.4 Å².